The van der Waals surface area contributed by atoms with Crippen molar-refractivity contribution >= 4 is 0 Å². The van der Waals surface area contributed by atoms with Crippen molar-refractivity contribution in [3.63, 3.8) is 0 Å². The summed E-state index contributed by atoms with van der Waals surface area (Å²) in [5, 5.41) is 6.13. The maximum atomic E-state index is 5.01. The van der Waals surface area contributed by atoms with Gasteiger partial charge in [-0.3, -0.25) is 5.32 Å². The monoisotopic (exact) mass is 153 g/mol. The van der Waals surface area contributed by atoms with E-state index in [9.17, 15) is 0 Å². The van der Waals surface area contributed by atoms with Crippen LogP contribution in [0, 0.1) is 6.17 Å². The van der Waals surface area contributed by atoms with Gasteiger partial charge in [-0.15, -0.1) is 0 Å². The van der Waals surface area contributed by atoms with E-state index in [-0.39, 0.29) is 0 Å². The van der Waals surface area contributed by atoms with E-state index in [0.29, 0.717) is 6.61 Å². The van der Waals surface area contributed by atoms with Crippen LogP contribution in [0.4, 0.5) is 0 Å². The molecule has 0 aromatic heterocycles. The zero-order valence-electron chi connectivity index (χ0n) is 6.85. The first kappa shape index (κ1) is 8.30. The summed E-state index contributed by atoms with van der Waals surface area (Å²) in [5.41, 5.74) is 1.14. The molecule has 0 unspecified atom stereocenters. The van der Waals surface area contributed by atoms with Crippen LogP contribution in [0.25, 0.3) is 0 Å². The Morgan fingerprint density at radius 2 is 2.45 bits per heavy atom. The highest BCUT2D eigenvalue weighted by Gasteiger charge is 2.12. The molecule has 0 fully saturated rings. The molecule has 2 N–H and O–H groups in total. The van der Waals surface area contributed by atoms with E-state index in [1.807, 2.05) is 25.4 Å². The van der Waals surface area contributed by atoms with E-state index in [0.717, 1.165) is 11.7 Å². The molecule has 1 aliphatic rings. The number of nitrogens with one attached hydrogen (secondary N) is 2. The molecule has 0 saturated heterocycles. The Morgan fingerprint density at radius 3 is 3.09 bits per heavy atom. The van der Waals surface area contributed by atoms with Crippen molar-refractivity contribution in [1.82, 2.24) is 10.6 Å². The zero-order valence-corrected chi connectivity index (χ0v) is 6.85. The molecule has 0 amide bonds. The van der Waals surface area contributed by atoms with Crippen molar-refractivity contribution in [3.05, 3.63) is 30.1 Å². The second-order valence-corrected chi connectivity index (χ2v) is 2.25. The first-order valence-electron chi connectivity index (χ1n) is 3.54. The molecule has 0 atom stereocenters. The van der Waals surface area contributed by atoms with Gasteiger partial charge in [-0.2, -0.15) is 0 Å². The molecule has 1 rings (SSSR count). The van der Waals surface area contributed by atoms with Gasteiger partial charge in [0.25, 0.3) is 0 Å². The van der Waals surface area contributed by atoms with Gasteiger partial charge in [-0.25, -0.2) is 0 Å². The summed E-state index contributed by atoms with van der Waals surface area (Å²) in [5.74, 6) is 0. The number of hydrogen-bond acceptors (Lipinski definition) is 3. The van der Waals surface area contributed by atoms with Gasteiger partial charge in [0.05, 0.1) is 6.61 Å². The lowest BCUT2D eigenvalue weighted by Crippen LogP contribution is -2.32. The lowest BCUT2D eigenvalue weighted by Gasteiger charge is -2.20. The number of methoxy groups -OCH3 is 1. The fourth-order valence-electron chi connectivity index (χ4n) is 0.980. The average molecular weight is 153 g/mol. The van der Waals surface area contributed by atoms with E-state index in [1.165, 1.54) is 0 Å². The van der Waals surface area contributed by atoms with Gasteiger partial charge in [0, 0.05) is 7.11 Å². The second kappa shape index (κ2) is 4.16. The number of ether oxygens (including phenoxy) is 1. The van der Waals surface area contributed by atoms with Crippen molar-refractivity contribution in [3.8, 4) is 0 Å². The molecule has 3 nitrogen and oxygen atoms in total. The normalized spacial score (nSPS) is 17.8. The lowest BCUT2D eigenvalue weighted by molar-refractivity contribution is 0.223. The van der Waals surface area contributed by atoms with Crippen LogP contribution in [0.3, 0.4) is 0 Å². The van der Waals surface area contributed by atoms with Crippen LogP contribution in [0.15, 0.2) is 23.9 Å². The molecule has 0 aromatic carbocycles. The van der Waals surface area contributed by atoms with Crippen LogP contribution in [-0.4, -0.2) is 20.8 Å². The lowest BCUT2D eigenvalue weighted by atomic mass is 10.1. The van der Waals surface area contributed by atoms with Crippen LogP contribution in [0.2, 0.25) is 0 Å². The van der Waals surface area contributed by atoms with Crippen LogP contribution in [0.1, 0.15) is 0 Å². The number of allylic oxidation sites excluding steroid dienone is 2. The molecule has 0 saturated carbocycles. The van der Waals surface area contributed by atoms with Crippen molar-refractivity contribution < 1.29 is 4.74 Å². The Bertz CT molecular complexity index is 175. The highest BCUT2D eigenvalue weighted by Crippen LogP contribution is 2.10. The third-order valence-electron chi connectivity index (χ3n) is 1.49. The van der Waals surface area contributed by atoms with Gasteiger partial charge in [0.2, 0.25) is 0 Å². The first-order valence-corrected chi connectivity index (χ1v) is 3.54. The van der Waals surface area contributed by atoms with Crippen molar-refractivity contribution in [2.24, 2.45) is 0 Å². The summed E-state index contributed by atoms with van der Waals surface area (Å²) >= 11 is 0. The summed E-state index contributed by atoms with van der Waals surface area (Å²) in [7, 11) is 3.57. The quantitative estimate of drug-likeness (QED) is 0.615. The molecular formula is C8H13N2O. The average Bonchev–Trinajstić information content (AvgIpc) is 2.06. The Balaban J connectivity index is 2.55. The van der Waals surface area contributed by atoms with Crippen molar-refractivity contribution in [2.45, 2.75) is 0 Å². The van der Waals surface area contributed by atoms with Crippen molar-refractivity contribution in [2.75, 3.05) is 20.8 Å². The van der Waals surface area contributed by atoms with Gasteiger partial charge in [0.15, 0.2) is 6.17 Å². The summed E-state index contributed by atoms with van der Waals surface area (Å²) in [4.78, 5) is 0. The SMILES string of the molecule is CN[C]1NC=CC=C1COC. The number of rotatable bonds is 3. The smallest absolute Gasteiger partial charge is 0.154 e. The minimum atomic E-state index is 0.632. The fourth-order valence-corrected chi connectivity index (χ4v) is 0.980. The van der Waals surface area contributed by atoms with E-state index in [4.69, 9.17) is 4.74 Å². The Labute approximate surface area is 67.1 Å². The summed E-state index contributed by atoms with van der Waals surface area (Å²) in [6, 6.07) is 0. The Kier molecular flexibility index (Phi) is 3.14. The van der Waals surface area contributed by atoms with Crippen LogP contribution < -0.4 is 10.6 Å². The maximum Gasteiger partial charge on any atom is 0.154 e. The number of hydrogen-bond donors (Lipinski definition) is 2. The third kappa shape index (κ3) is 2.06. The largest absolute Gasteiger partial charge is 0.380 e. The van der Waals surface area contributed by atoms with Crippen LogP contribution in [-0.2, 0) is 4.74 Å². The van der Waals surface area contributed by atoms with Gasteiger partial charge in [-0.1, -0.05) is 6.08 Å². The molecule has 0 aromatic rings. The van der Waals surface area contributed by atoms with Gasteiger partial charge in [-0.05, 0) is 24.9 Å². The Hall–Kier alpha value is -0.800. The highest BCUT2D eigenvalue weighted by atomic mass is 16.5. The molecule has 1 heterocycles. The molecule has 0 bridgehead atoms. The molecule has 1 aliphatic heterocycles. The molecule has 0 aliphatic carbocycles. The standard InChI is InChI=1S/C8H13N2O/c1-9-8-7(6-11-2)4-3-5-10-8/h3-5,9-10H,6H2,1-2H3. The maximum absolute atomic E-state index is 5.01. The molecule has 0 spiro atoms. The van der Waals surface area contributed by atoms with Crippen LogP contribution in [0.5, 0.6) is 0 Å². The number of dihydropyridines is 1. The molecule has 11 heavy (non-hydrogen) atoms. The molecular weight excluding hydrogens is 140 g/mol. The Morgan fingerprint density at radius 1 is 1.64 bits per heavy atom. The fraction of sp³-hybridized carbons (Fsp3) is 0.375. The van der Waals surface area contributed by atoms with Gasteiger partial charge >= 0.3 is 0 Å². The van der Waals surface area contributed by atoms with Crippen molar-refractivity contribution in [1.29, 1.82) is 0 Å². The number of likely N-dealkylation sites (N-methyl/N-ethyl adjacent to an activating group) is 1. The summed E-state index contributed by atoms with van der Waals surface area (Å²) < 4.78 is 5.01. The summed E-state index contributed by atoms with van der Waals surface area (Å²) in [6.45, 7) is 0.632. The van der Waals surface area contributed by atoms with Gasteiger partial charge < -0.3 is 10.1 Å². The zero-order chi connectivity index (χ0) is 8.10. The third-order valence-corrected chi connectivity index (χ3v) is 1.49. The van der Waals surface area contributed by atoms with E-state index in [2.05, 4.69) is 10.6 Å². The first-order chi connectivity index (χ1) is 5.38. The van der Waals surface area contributed by atoms with E-state index in [1.54, 1.807) is 7.11 Å². The summed E-state index contributed by atoms with van der Waals surface area (Å²) in [6.07, 6.45) is 6.86. The second-order valence-electron chi connectivity index (χ2n) is 2.25. The predicted octanol–water partition coefficient (Wildman–Crippen LogP) is 0.385. The molecule has 3 heteroatoms. The minimum absolute atomic E-state index is 0.632. The topological polar surface area (TPSA) is 33.3 Å². The van der Waals surface area contributed by atoms with Gasteiger partial charge in [0.1, 0.15) is 0 Å². The van der Waals surface area contributed by atoms with E-state index >= 15 is 0 Å². The van der Waals surface area contributed by atoms with Crippen LogP contribution >= 0.6 is 0 Å². The predicted molar refractivity (Wildman–Crippen MR) is 44.5 cm³/mol. The molecule has 1 radical (unpaired) electrons. The van der Waals surface area contributed by atoms with E-state index < -0.39 is 0 Å². The highest BCUT2D eigenvalue weighted by molar-refractivity contribution is 5.31. The minimum Gasteiger partial charge on any atom is -0.380 e. The molecule has 61 valence electrons.